The molecule has 0 spiro atoms. The summed E-state index contributed by atoms with van der Waals surface area (Å²) in [4.78, 5) is 11.1. The van der Waals surface area contributed by atoms with E-state index in [1.165, 1.54) is 18.1 Å². The molecule has 0 radical (unpaired) electrons. The summed E-state index contributed by atoms with van der Waals surface area (Å²) in [6.07, 6.45) is 8.47. The van der Waals surface area contributed by atoms with E-state index in [-0.39, 0.29) is 5.97 Å². The van der Waals surface area contributed by atoms with Crippen molar-refractivity contribution in [2.24, 2.45) is 5.92 Å². The van der Waals surface area contributed by atoms with Gasteiger partial charge in [0.15, 0.2) is 0 Å². The number of rotatable bonds is 5. The van der Waals surface area contributed by atoms with Gasteiger partial charge in [0.1, 0.15) is 0 Å². The smallest absolute Gasteiger partial charge is 0.330 e. The molecule has 1 fully saturated rings. The standard InChI is InChI=1S/C16H17BrO2/c1-2-19-16(18)6-4-3-5-13-11-15(13)12-7-9-14(17)10-8-12/h3-10,13,15H,2,11H2,1H3/t13-,15+/m1/s1. The monoisotopic (exact) mass is 320 g/mol. The van der Waals surface area contributed by atoms with Crippen molar-refractivity contribution < 1.29 is 9.53 Å². The zero-order chi connectivity index (χ0) is 13.7. The number of carbonyl (C=O) groups is 1. The van der Waals surface area contributed by atoms with Gasteiger partial charge in [0.05, 0.1) is 6.61 Å². The molecule has 0 unspecified atom stereocenters. The normalized spacial score (nSPS) is 22.0. The van der Waals surface area contributed by atoms with Gasteiger partial charge in [-0.15, -0.1) is 0 Å². The Hall–Kier alpha value is -1.35. The van der Waals surface area contributed by atoms with Crippen LogP contribution in [0, 0.1) is 5.92 Å². The maximum atomic E-state index is 11.1. The fraction of sp³-hybridized carbons (Fsp3) is 0.312. The van der Waals surface area contributed by atoms with Crippen LogP contribution in [0.1, 0.15) is 24.8 Å². The molecular formula is C16H17BrO2. The molecule has 0 amide bonds. The van der Waals surface area contributed by atoms with E-state index in [9.17, 15) is 4.79 Å². The summed E-state index contributed by atoms with van der Waals surface area (Å²) >= 11 is 3.44. The highest BCUT2D eigenvalue weighted by molar-refractivity contribution is 9.10. The summed E-state index contributed by atoms with van der Waals surface area (Å²) in [5, 5.41) is 0. The zero-order valence-corrected chi connectivity index (χ0v) is 12.5. The van der Waals surface area contributed by atoms with E-state index in [0.29, 0.717) is 18.4 Å². The van der Waals surface area contributed by atoms with E-state index in [0.717, 1.165) is 4.47 Å². The zero-order valence-electron chi connectivity index (χ0n) is 10.9. The Bertz CT molecular complexity index is 488. The van der Waals surface area contributed by atoms with Crippen LogP contribution in [0.4, 0.5) is 0 Å². The summed E-state index contributed by atoms with van der Waals surface area (Å²) in [5.74, 6) is 0.931. The fourth-order valence-corrected chi connectivity index (χ4v) is 2.32. The number of hydrogen-bond donors (Lipinski definition) is 0. The number of hydrogen-bond acceptors (Lipinski definition) is 2. The second kappa shape index (κ2) is 6.71. The molecule has 100 valence electrons. The van der Waals surface area contributed by atoms with Crippen LogP contribution in [0.3, 0.4) is 0 Å². The molecule has 0 bridgehead atoms. The van der Waals surface area contributed by atoms with Crippen molar-refractivity contribution >= 4 is 21.9 Å². The van der Waals surface area contributed by atoms with Crippen LogP contribution in [0.2, 0.25) is 0 Å². The Kier molecular flexibility index (Phi) is 4.97. The Labute approximate surface area is 122 Å². The van der Waals surface area contributed by atoms with Crippen LogP contribution in [0.15, 0.2) is 53.0 Å². The molecule has 2 atom stereocenters. The van der Waals surface area contributed by atoms with Gasteiger partial charge in [-0.3, -0.25) is 0 Å². The molecule has 1 aromatic rings. The molecule has 2 nitrogen and oxygen atoms in total. The molecule has 0 aliphatic heterocycles. The SMILES string of the molecule is CCOC(=O)C=CC=C[C@@H]1C[C@H]1c1ccc(Br)cc1. The lowest BCUT2D eigenvalue weighted by Crippen LogP contribution is -1.98. The molecule has 1 aliphatic carbocycles. The minimum atomic E-state index is -0.285. The van der Waals surface area contributed by atoms with Crippen LogP contribution in [0.5, 0.6) is 0 Å². The highest BCUT2D eigenvalue weighted by Crippen LogP contribution is 2.48. The van der Waals surface area contributed by atoms with Crippen LogP contribution in [-0.4, -0.2) is 12.6 Å². The van der Waals surface area contributed by atoms with Gasteiger partial charge in [0.2, 0.25) is 0 Å². The lowest BCUT2D eigenvalue weighted by Gasteiger charge is -1.97. The van der Waals surface area contributed by atoms with Gasteiger partial charge < -0.3 is 4.74 Å². The first-order valence-corrected chi connectivity index (χ1v) is 7.27. The molecule has 0 saturated heterocycles. The minimum Gasteiger partial charge on any atom is -0.463 e. The molecular weight excluding hydrogens is 304 g/mol. The molecule has 1 saturated carbocycles. The van der Waals surface area contributed by atoms with Crippen molar-refractivity contribution in [2.75, 3.05) is 6.61 Å². The third kappa shape index (κ3) is 4.35. The van der Waals surface area contributed by atoms with Gasteiger partial charge in [-0.2, -0.15) is 0 Å². The predicted molar refractivity (Wildman–Crippen MR) is 79.9 cm³/mol. The van der Waals surface area contributed by atoms with Crippen molar-refractivity contribution in [3.8, 4) is 0 Å². The average molecular weight is 321 g/mol. The Morgan fingerprint density at radius 2 is 2.11 bits per heavy atom. The first-order valence-electron chi connectivity index (χ1n) is 6.47. The maximum Gasteiger partial charge on any atom is 0.330 e. The van der Waals surface area contributed by atoms with E-state index in [2.05, 4.69) is 46.3 Å². The largest absolute Gasteiger partial charge is 0.463 e. The average Bonchev–Trinajstić information content (AvgIpc) is 3.15. The molecule has 0 N–H and O–H groups in total. The quantitative estimate of drug-likeness (QED) is 0.461. The second-order valence-corrected chi connectivity index (χ2v) is 5.47. The molecule has 1 aliphatic rings. The van der Waals surface area contributed by atoms with Gasteiger partial charge in [-0.25, -0.2) is 4.79 Å². The van der Waals surface area contributed by atoms with Gasteiger partial charge in [-0.1, -0.05) is 46.3 Å². The molecule has 0 aromatic heterocycles. The number of ether oxygens (including phenoxy) is 1. The van der Waals surface area contributed by atoms with Crippen LogP contribution < -0.4 is 0 Å². The van der Waals surface area contributed by atoms with Gasteiger partial charge in [0.25, 0.3) is 0 Å². The number of allylic oxidation sites excluding steroid dienone is 3. The van der Waals surface area contributed by atoms with Crippen molar-refractivity contribution in [3.05, 3.63) is 58.6 Å². The summed E-state index contributed by atoms with van der Waals surface area (Å²) in [5.41, 5.74) is 1.38. The molecule has 2 rings (SSSR count). The Morgan fingerprint density at radius 3 is 2.79 bits per heavy atom. The fourth-order valence-electron chi connectivity index (χ4n) is 2.05. The van der Waals surface area contributed by atoms with Crippen LogP contribution >= 0.6 is 15.9 Å². The van der Waals surface area contributed by atoms with E-state index < -0.39 is 0 Å². The molecule has 19 heavy (non-hydrogen) atoms. The summed E-state index contributed by atoms with van der Waals surface area (Å²) < 4.78 is 5.91. The van der Waals surface area contributed by atoms with Crippen LogP contribution in [-0.2, 0) is 9.53 Å². The van der Waals surface area contributed by atoms with Crippen molar-refractivity contribution in [1.82, 2.24) is 0 Å². The Balaban J connectivity index is 1.80. The highest BCUT2D eigenvalue weighted by atomic mass is 79.9. The van der Waals surface area contributed by atoms with Gasteiger partial charge in [-0.05, 0) is 42.9 Å². The lowest BCUT2D eigenvalue weighted by molar-refractivity contribution is -0.137. The minimum absolute atomic E-state index is 0.285. The van der Waals surface area contributed by atoms with Crippen LogP contribution in [0.25, 0.3) is 0 Å². The summed E-state index contributed by atoms with van der Waals surface area (Å²) in [6, 6.07) is 8.48. The first-order chi connectivity index (χ1) is 9.20. The predicted octanol–water partition coefficient (Wildman–Crippen LogP) is 4.23. The third-order valence-electron chi connectivity index (χ3n) is 3.13. The van der Waals surface area contributed by atoms with E-state index in [1.807, 2.05) is 6.08 Å². The van der Waals surface area contributed by atoms with Crippen molar-refractivity contribution in [2.45, 2.75) is 19.3 Å². The number of benzene rings is 1. The van der Waals surface area contributed by atoms with E-state index in [4.69, 9.17) is 4.74 Å². The van der Waals surface area contributed by atoms with Gasteiger partial charge >= 0.3 is 5.97 Å². The van der Waals surface area contributed by atoms with E-state index >= 15 is 0 Å². The summed E-state index contributed by atoms with van der Waals surface area (Å²) in [7, 11) is 0. The van der Waals surface area contributed by atoms with E-state index in [1.54, 1.807) is 13.0 Å². The van der Waals surface area contributed by atoms with Gasteiger partial charge in [0, 0.05) is 10.5 Å². The van der Waals surface area contributed by atoms with Crippen molar-refractivity contribution in [3.63, 3.8) is 0 Å². The number of carbonyl (C=O) groups excluding carboxylic acids is 1. The maximum absolute atomic E-state index is 11.1. The Morgan fingerprint density at radius 1 is 1.37 bits per heavy atom. The lowest BCUT2D eigenvalue weighted by atomic mass is 10.1. The second-order valence-electron chi connectivity index (χ2n) is 4.55. The molecule has 3 heteroatoms. The molecule has 0 heterocycles. The highest BCUT2D eigenvalue weighted by Gasteiger charge is 2.35. The first kappa shape index (κ1) is 14.1. The topological polar surface area (TPSA) is 26.3 Å². The third-order valence-corrected chi connectivity index (χ3v) is 3.65. The molecule has 1 aromatic carbocycles. The number of esters is 1. The number of halogens is 1. The van der Waals surface area contributed by atoms with Crippen molar-refractivity contribution in [1.29, 1.82) is 0 Å². The summed E-state index contributed by atoms with van der Waals surface area (Å²) in [6.45, 7) is 2.22.